The van der Waals surface area contributed by atoms with Crippen LogP contribution in [0.3, 0.4) is 0 Å². The van der Waals surface area contributed by atoms with Crippen LogP contribution in [0.5, 0.6) is 0 Å². The molecule has 2 heterocycles. The van der Waals surface area contributed by atoms with Crippen molar-refractivity contribution < 1.29 is 17.9 Å². The van der Waals surface area contributed by atoms with Crippen molar-refractivity contribution in [3.8, 4) is 0 Å². The standard InChI is InChI=1S/C19H32BrNO4S2/c1-5-19(24-13-14-25-19)12-8-6-7-9-15(16-10-11-17(20)26-16)21-27(22,23)18(2,3)4/h10-11,15,21H,5-9,12-14H2,1-4H3/t15-/m0/s1. The maximum Gasteiger partial charge on any atom is 0.217 e. The van der Waals surface area contributed by atoms with Gasteiger partial charge in [-0.15, -0.1) is 11.3 Å². The fourth-order valence-corrected chi connectivity index (χ4v) is 5.64. The van der Waals surface area contributed by atoms with E-state index < -0.39 is 20.6 Å². The van der Waals surface area contributed by atoms with E-state index >= 15 is 0 Å². The van der Waals surface area contributed by atoms with Crippen LogP contribution >= 0.6 is 27.3 Å². The number of ether oxygens (including phenoxy) is 2. The van der Waals surface area contributed by atoms with Gasteiger partial charge in [-0.1, -0.05) is 19.8 Å². The predicted octanol–water partition coefficient (Wildman–Crippen LogP) is 5.37. The molecule has 8 heteroatoms. The molecule has 1 aliphatic heterocycles. The van der Waals surface area contributed by atoms with Crippen molar-refractivity contribution in [3.05, 3.63) is 20.8 Å². The predicted molar refractivity (Wildman–Crippen MR) is 115 cm³/mol. The molecule has 1 aromatic heterocycles. The zero-order chi connectivity index (χ0) is 20.1. The first-order valence-corrected chi connectivity index (χ1v) is 12.7. The SMILES string of the molecule is CCC1(CCCCC[C@H](NS(=O)(=O)C(C)(C)C)c2ccc(Br)s2)OCCO1. The molecule has 0 unspecified atom stereocenters. The van der Waals surface area contributed by atoms with Gasteiger partial charge in [-0.3, -0.25) is 0 Å². The number of unbranched alkanes of at least 4 members (excludes halogenated alkanes) is 2. The van der Waals surface area contributed by atoms with Crippen LogP contribution in [0, 0.1) is 0 Å². The molecule has 1 aliphatic rings. The Bertz CT molecular complexity index is 691. The van der Waals surface area contributed by atoms with E-state index in [1.807, 2.05) is 12.1 Å². The van der Waals surface area contributed by atoms with E-state index in [1.54, 1.807) is 32.1 Å². The molecule has 0 amide bonds. The van der Waals surface area contributed by atoms with Crippen LogP contribution in [0.25, 0.3) is 0 Å². The summed E-state index contributed by atoms with van der Waals surface area (Å²) >= 11 is 5.06. The van der Waals surface area contributed by atoms with Crippen LogP contribution in [0.4, 0.5) is 0 Å². The summed E-state index contributed by atoms with van der Waals surface area (Å²) < 4.78 is 39.9. The second-order valence-corrected chi connectivity index (χ2v) is 13.0. The monoisotopic (exact) mass is 481 g/mol. The first kappa shape index (κ1) is 23.3. The first-order chi connectivity index (χ1) is 12.6. The molecule has 0 aliphatic carbocycles. The normalized spacial score (nSPS) is 18.7. The number of nitrogens with one attached hydrogen (secondary N) is 1. The molecule has 0 radical (unpaired) electrons. The number of halogens is 1. The molecule has 27 heavy (non-hydrogen) atoms. The van der Waals surface area contributed by atoms with Gasteiger partial charge in [0.05, 0.1) is 27.8 Å². The molecule has 0 spiro atoms. The second-order valence-electron chi connectivity index (χ2n) is 7.99. The summed E-state index contributed by atoms with van der Waals surface area (Å²) in [6, 6.07) is 3.78. The Kier molecular flexibility index (Phi) is 8.34. The fraction of sp³-hybridized carbons (Fsp3) is 0.789. The number of hydrogen-bond donors (Lipinski definition) is 1. The van der Waals surface area contributed by atoms with Crippen LogP contribution in [0.1, 0.15) is 77.1 Å². The van der Waals surface area contributed by atoms with Crippen molar-refractivity contribution in [1.82, 2.24) is 4.72 Å². The van der Waals surface area contributed by atoms with E-state index in [0.29, 0.717) is 13.2 Å². The van der Waals surface area contributed by atoms with Crippen molar-refractivity contribution in [2.24, 2.45) is 0 Å². The van der Waals surface area contributed by atoms with Gasteiger partial charge in [0.25, 0.3) is 0 Å². The third kappa shape index (κ3) is 6.51. The average molecular weight is 483 g/mol. The molecule has 0 bridgehead atoms. The van der Waals surface area contributed by atoms with Gasteiger partial charge in [-0.05, 0) is 68.1 Å². The van der Waals surface area contributed by atoms with E-state index in [0.717, 1.165) is 47.2 Å². The summed E-state index contributed by atoms with van der Waals surface area (Å²) in [6.07, 6.45) is 5.53. The van der Waals surface area contributed by atoms with Gasteiger partial charge in [-0.2, -0.15) is 0 Å². The van der Waals surface area contributed by atoms with Gasteiger partial charge >= 0.3 is 0 Å². The van der Waals surface area contributed by atoms with E-state index in [9.17, 15) is 8.42 Å². The number of thiophene rings is 1. The minimum Gasteiger partial charge on any atom is -0.348 e. The zero-order valence-corrected chi connectivity index (χ0v) is 19.9. The molecular weight excluding hydrogens is 450 g/mol. The van der Waals surface area contributed by atoms with Crippen molar-refractivity contribution in [2.75, 3.05) is 13.2 Å². The average Bonchev–Trinajstić information content (AvgIpc) is 3.22. The van der Waals surface area contributed by atoms with Gasteiger partial charge in [0.15, 0.2) is 5.79 Å². The highest BCUT2D eigenvalue weighted by Gasteiger charge is 2.34. The topological polar surface area (TPSA) is 64.6 Å². The molecular formula is C19H32BrNO4S2. The summed E-state index contributed by atoms with van der Waals surface area (Å²) in [5.74, 6) is -0.397. The summed E-state index contributed by atoms with van der Waals surface area (Å²) in [6.45, 7) is 8.63. The number of hydrogen-bond acceptors (Lipinski definition) is 5. The summed E-state index contributed by atoms with van der Waals surface area (Å²) in [4.78, 5) is 1.04. The molecule has 5 nitrogen and oxygen atoms in total. The Morgan fingerprint density at radius 3 is 2.41 bits per heavy atom. The van der Waals surface area contributed by atoms with E-state index in [-0.39, 0.29) is 6.04 Å². The van der Waals surface area contributed by atoms with Crippen molar-refractivity contribution >= 4 is 37.3 Å². The van der Waals surface area contributed by atoms with E-state index in [1.165, 1.54) is 0 Å². The maximum absolute atomic E-state index is 12.6. The molecule has 1 aromatic rings. The summed E-state index contributed by atoms with van der Waals surface area (Å²) in [7, 11) is -3.40. The van der Waals surface area contributed by atoms with Crippen molar-refractivity contribution in [1.29, 1.82) is 0 Å². The van der Waals surface area contributed by atoms with Crippen LogP contribution in [0.15, 0.2) is 15.9 Å². The van der Waals surface area contributed by atoms with Crippen LogP contribution < -0.4 is 4.72 Å². The maximum atomic E-state index is 12.6. The van der Waals surface area contributed by atoms with Crippen molar-refractivity contribution in [2.45, 2.75) is 82.8 Å². The lowest BCUT2D eigenvalue weighted by Gasteiger charge is -2.26. The molecule has 1 fully saturated rings. The Hall–Kier alpha value is 0.01000. The Labute approximate surface area is 176 Å². The Balaban J connectivity index is 1.91. The van der Waals surface area contributed by atoms with Gasteiger partial charge in [0.2, 0.25) is 10.0 Å². The minimum absolute atomic E-state index is 0.190. The highest BCUT2D eigenvalue weighted by Crippen LogP contribution is 2.33. The molecule has 2 rings (SSSR count). The lowest BCUT2D eigenvalue weighted by molar-refractivity contribution is -0.164. The molecule has 1 saturated heterocycles. The van der Waals surface area contributed by atoms with Gasteiger partial charge < -0.3 is 9.47 Å². The second kappa shape index (κ2) is 9.67. The minimum atomic E-state index is -3.40. The Morgan fingerprint density at radius 2 is 1.89 bits per heavy atom. The molecule has 1 atom stereocenters. The zero-order valence-electron chi connectivity index (χ0n) is 16.7. The highest BCUT2D eigenvalue weighted by atomic mass is 79.9. The molecule has 0 saturated carbocycles. The van der Waals surface area contributed by atoms with Crippen molar-refractivity contribution in [3.63, 3.8) is 0 Å². The highest BCUT2D eigenvalue weighted by molar-refractivity contribution is 9.11. The van der Waals surface area contributed by atoms with Crippen LogP contribution in [-0.2, 0) is 19.5 Å². The molecule has 0 aromatic carbocycles. The Morgan fingerprint density at radius 1 is 1.22 bits per heavy atom. The lowest BCUT2D eigenvalue weighted by atomic mass is 10.0. The number of rotatable bonds is 10. The van der Waals surface area contributed by atoms with Crippen LogP contribution in [0.2, 0.25) is 0 Å². The first-order valence-electron chi connectivity index (χ1n) is 9.63. The molecule has 156 valence electrons. The van der Waals surface area contributed by atoms with Crippen LogP contribution in [-0.4, -0.2) is 32.2 Å². The summed E-state index contributed by atoms with van der Waals surface area (Å²) in [5, 5.41) is 0. The number of sulfonamides is 1. The lowest BCUT2D eigenvalue weighted by Crippen LogP contribution is -2.41. The quantitative estimate of drug-likeness (QED) is 0.455. The third-order valence-electron chi connectivity index (χ3n) is 4.94. The van der Waals surface area contributed by atoms with Gasteiger partial charge in [0.1, 0.15) is 0 Å². The van der Waals surface area contributed by atoms with Gasteiger partial charge in [0, 0.05) is 11.3 Å². The van der Waals surface area contributed by atoms with E-state index in [2.05, 4.69) is 27.6 Å². The molecule has 1 N–H and O–H groups in total. The largest absolute Gasteiger partial charge is 0.348 e. The smallest absolute Gasteiger partial charge is 0.217 e. The summed E-state index contributed by atoms with van der Waals surface area (Å²) in [5.41, 5.74) is 0. The third-order valence-corrected chi connectivity index (χ3v) is 8.89. The fourth-order valence-electron chi connectivity index (χ4n) is 3.08. The van der Waals surface area contributed by atoms with E-state index in [4.69, 9.17) is 9.47 Å². The van der Waals surface area contributed by atoms with Gasteiger partial charge in [-0.25, -0.2) is 13.1 Å².